The maximum Gasteiger partial charge on any atom is 0.323 e. The number of ether oxygens (including phenoxy) is 3. The lowest BCUT2D eigenvalue weighted by Gasteiger charge is -2.22. The van der Waals surface area contributed by atoms with Gasteiger partial charge in [-0.05, 0) is 20.9 Å². The van der Waals surface area contributed by atoms with Gasteiger partial charge in [0.25, 0.3) is 0 Å². The fourth-order valence-corrected chi connectivity index (χ4v) is 1.23. The predicted octanol–water partition coefficient (Wildman–Crippen LogP) is -0.105. The summed E-state index contributed by atoms with van der Waals surface area (Å²) in [6.45, 7) is 6.50. The molecule has 1 unspecified atom stereocenters. The van der Waals surface area contributed by atoms with Gasteiger partial charge in [-0.25, -0.2) is 0 Å². The smallest absolute Gasteiger partial charge is 0.323 e. The summed E-state index contributed by atoms with van der Waals surface area (Å²) in [6.07, 6.45) is 0. The summed E-state index contributed by atoms with van der Waals surface area (Å²) in [4.78, 5) is 13.3. The van der Waals surface area contributed by atoms with Crippen molar-refractivity contribution in [1.29, 1.82) is 0 Å². The lowest BCUT2D eigenvalue weighted by atomic mass is 10.3. The number of carbonyl (C=O) groups excluding carboxylic acids is 1. The lowest BCUT2D eigenvalue weighted by molar-refractivity contribution is -0.148. The van der Waals surface area contributed by atoms with Crippen LogP contribution in [0.1, 0.15) is 13.8 Å². The fourth-order valence-electron chi connectivity index (χ4n) is 1.23. The molecule has 0 aromatic carbocycles. The predicted molar refractivity (Wildman–Crippen MR) is 67.4 cm³/mol. The van der Waals surface area contributed by atoms with Crippen LogP contribution in [0.2, 0.25) is 0 Å². The number of nitrogens with zero attached hydrogens (tertiary/aromatic N) is 1. The first-order valence-corrected chi connectivity index (χ1v) is 6.26. The highest BCUT2D eigenvalue weighted by molar-refractivity contribution is 5.75. The highest BCUT2D eigenvalue weighted by Crippen LogP contribution is 1.98. The quantitative estimate of drug-likeness (QED) is 0.414. The zero-order valence-electron chi connectivity index (χ0n) is 11.6. The van der Waals surface area contributed by atoms with Crippen LogP contribution in [0, 0.1) is 0 Å². The van der Waals surface area contributed by atoms with Gasteiger partial charge in [0, 0.05) is 6.54 Å². The zero-order chi connectivity index (χ0) is 13.8. The molecule has 0 aliphatic carbocycles. The first-order valence-electron chi connectivity index (χ1n) is 6.26. The molecule has 1 N–H and O–H groups in total. The van der Waals surface area contributed by atoms with Gasteiger partial charge in [-0.15, -0.1) is 0 Å². The Morgan fingerprint density at radius 3 is 2.39 bits per heavy atom. The van der Waals surface area contributed by atoms with E-state index in [1.165, 1.54) is 0 Å². The Bertz CT molecular complexity index is 213. The van der Waals surface area contributed by atoms with Crippen molar-refractivity contribution in [1.82, 2.24) is 4.90 Å². The molecule has 6 nitrogen and oxygen atoms in total. The molecule has 0 aromatic rings. The lowest BCUT2D eigenvalue weighted by Crippen LogP contribution is -2.39. The van der Waals surface area contributed by atoms with E-state index in [9.17, 15) is 4.79 Å². The second kappa shape index (κ2) is 11.4. The van der Waals surface area contributed by atoms with Crippen molar-refractivity contribution in [2.75, 3.05) is 53.2 Å². The third-order valence-corrected chi connectivity index (χ3v) is 2.48. The van der Waals surface area contributed by atoms with Crippen LogP contribution in [0.25, 0.3) is 0 Å². The Balaban J connectivity index is 3.51. The Morgan fingerprint density at radius 2 is 1.83 bits per heavy atom. The molecule has 0 saturated carbocycles. The minimum absolute atomic E-state index is 0.0276. The molecule has 0 aliphatic rings. The summed E-state index contributed by atoms with van der Waals surface area (Å²) in [7, 11) is 1.85. The van der Waals surface area contributed by atoms with Crippen LogP contribution < -0.4 is 0 Å². The van der Waals surface area contributed by atoms with Gasteiger partial charge in [-0.2, -0.15) is 0 Å². The largest absolute Gasteiger partial charge is 0.465 e. The summed E-state index contributed by atoms with van der Waals surface area (Å²) in [6, 6.07) is -0.265. The Labute approximate surface area is 109 Å². The average Bonchev–Trinajstić information content (AvgIpc) is 2.36. The van der Waals surface area contributed by atoms with Gasteiger partial charge in [0.2, 0.25) is 0 Å². The topological polar surface area (TPSA) is 68.2 Å². The van der Waals surface area contributed by atoms with E-state index in [0.29, 0.717) is 39.6 Å². The molecule has 0 amide bonds. The number of carbonyl (C=O) groups is 1. The molecular formula is C12H25NO5. The summed E-state index contributed by atoms with van der Waals surface area (Å²) in [5.41, 5.74) is 0. The van der Waals surface area contributed by atoms with Gasteiger partial charge in [0.1, 0.15) is 6.04 Å². The minimum atomic E-state index is -0.265. The van der Waals surface area contributed by atoms with Gasteiger partial charge in [0.15, 0.2) is 0 Å². The normalized spacial score (nSPS) is 12.7. The Morgan fingerprint density at radius 1 is 1.22 bits per heavy atom. The van der Waals surface area contributed by atoms with Crippen molar-refractivity contribution < 1.29 is 24.1 Å². The molecule has 0 saturated heterocycles. The summed E-state index contributed by atoms with van der Waals surface area (Å²) >= 11 is 0. The monoisotopic (exact) mass is 263 g/mol. The molecule has 108 valence electrons. The van der Waals surface area contributed by atoms with Gasteiger partial charge in [-0.3, -0.25) is 9.69 Å². The molecule has 0 fully saturated rings. The zero-order valence-corrected chi connectivity index (χ0v) is 11.6. The highest BCUT2D eigenvalue weighted by Gasteiger charge is 2.18. The van der Waals surface area contributed by atoms with E-state index >= 15 is 0 Å². The van der Waals surface area contributed by atoms with E-state index in [1.807, 2.05) is 18.9 Å². The van der Waals surface area contributed by atoms with Crippen LogP contribution in [0.15, 0.2) is 0 Å². The summed E-state index contributed by atoms with van der Waals surface area (Å²) in [5, 5.41) is 8.48. The Kier molecular flexibility index (Phi) is 11.0. The third kappa shape index (κ3) is 8.41. The number of aliphatic hydroxyl groups is 1. The molecule has 1 atom stereocenters. The fraction of sp³-hybridized carbons (Fsp3) is 0.917. The van der Waals surface area contributed by atoms with Gasteiger partial charge in [-0.1, -0.05) is 0 Å². The number of esters is 1. The average molecular weight is 263 g/mol. The van der Waals surface area contributed by atoms with Gasteiger partial charge >= 0.3 is 5.97 Å². The maximum absolute atomic E-state index is 11.4. The van der Waals surface area contributed by atoms with Crippen molar-refractivity contribution in [2.24, 2.45) is 0 Å². The SMILES string of the molecule is CCOC(=O)C(C)N(C)CCOCCOCCO. The molecular weight excluding hydrogens is 238 g/mol. The number of hydrogen-bond donors (Lipinski definition) is 1. The molecule has 0 aliphatic heterocycles. The van der Waals surface area contributed by atoms with Crippen molar-refractivity contribution in [3.8, 4) is 0 Å². The molecule has 0 spiro atoms. The van der Waals surface area contributed by atoms with Gasteiger partial charge < -0.3 is 19.3 Å². The first-order chi connectivity index (χ1) is 8.63. The van der Waals surface area contributed by atoms with E-state index < -0.39 is 0 Å². The van der Waals surface area contributed by atoms with Crippen LogP contribution in [0.3, 0.4) is 0 Å². The molecule has 18 heavy (non-hydrogen) atoms. The van der Waals surface area contributed by atoms with E-state index in [0.717, 1.165) is 0 Å². The standard InChI is InChI=1S/C12H25NO5/c1-4-18-12(15)11(2)13(3)5-7-16-9-10-17-8-6-14/h11,14H,4-10H2,1-3H3. The van der Waals surface area contributed by atoms with Crippen molar-refractivity contribution in [3.63, 3.8) is 0 Å². The maximum atomic E-state index is 11.4. The second-order valence-electron chi connectivity index (χ2n) is 3.86. The van der Waals surface area contributed by atoms with Crippen molar-refractivity contribution in [3.05, 3.63) is 0 Å². The molecule has 6 heteroatoms. The van der Waals surface area contributed by atoms with E-state index in [1.54, 1.807) is 6.92 Å². The number of hydrogen-bond acceptors (Lipinski definition) is 6. The number of aliphatic hydroxyl groups excluding tert-OH is 1. The van der Waals surface area contributed by atoms with Crippen LogP contribution >= 0.6 is 0 Å². The highest BCUT2D eigenvalue weighted by atomic mass is 16.5. The van der Waals surface area contributed by atoms with Crippen molar-refractivity contribution >= 4 is 5.97 Å². The van der Waals surface area contributed by atoms with Crippen LogP contribution in [-0.2, 0) is 19.0 Å². The van der Waals surface area contributed by atoms with Crippen LogP contribution in [-0.4, -0.2) is 75.3 Å². The number of rotatable bonds is 11. The molecule has 0 aromatic heterocycles. The molecule has 0 bridgehead atoms. The number of likely N-dealkylation sites (N-methyl/N-ethyl adjacent to an activating group) is 1. The van der Waals surface area contributed by atoms with E-state index in [-0.39, 0.29) is 18.6 Å². The molecule has 0 heterocycles. The second-order valence-corrected chi connectivity index (χ2v) is 3.86. The van der Waals surface area contributed by atoms with Crippen LogP contribution in [0.4, 0.5) is 0 Å². The van der Waals surface area contributed by atoms with Gasteiger partial charge in [0.05, 0.1) is 39.6 Å². The first kappa shape index (κ1) is 17.3. The van der Waals surface area contributed by atoms with Crippen LogP contribution in [0.5, 0.6) is 0 Å². The minimum Gasteiger partial charge on any atom is -0.465 e. The van der Waals surface area contributed by atoms with Crippen molar-refractivity contribution in [2.45, 2.75) is 19.9 Å². The molecule has 0 radical (unpaired) electrons. The summed E-state index contributed by atoms with van der Waals surface area (Å²) in [5.74, 6) is -0.216. The summed E-state index contributed by atoms with van der Waals surface area (Å²) < 4.78 is 15.3. The van der Waals surface area contributed by atoms with E-state index in [4.69, 9.17) is 19.3 Å². The molecule has 0 rings (SSSR count). The van der Waals surface area contributed by atoms with E-state index in [2.05, 4.69) is 0 Å². The third-order valence-electron chi connectivity index (χ3n) is 2.48. The Hall–Kier alpha value is -0.690.